The van der Waals surface area contributed by atoms with Crippen LogP contribution in [0.2, 0.25) is 0 Å². The Morgan fingerprint density at radius 2 is 2.00 bits per heavy atom. The molecule has 1 atom stereocenters. The van der Waals surface area contributed by atoms with Crippen LogP contribution in [-0.4, -0.2) is 53.9 Å². The summed E-state index contributed by atoms with van der Waals surface area (Å²) in [6.07, 6.45) is -0.000143. The number of hydrogen-bond acceptors (Lipinski definition) is 10. The SMILES string of the molecule is COc1cccc(Cc2ccc(N3CC(O)NS3(O)O)c(O)c2)c1OS(C)(=O)=O. The van der Waals surface area contributed by atoms with E-state index in [4.69, 9.17) is 8.92 Å². The number of phenolic OH excluding ortho intramolecular Hbond substituents is 1. The number of methoxy groups -OCH3 is 1. The number of nitrogens with zero attached hydrogens (tertiary/aromatic N) is 1. The molecule has 0 aromatic heterocycles. The lowest BCUT2D eigenvalue weighted by molar-refractivity contribution is 0.182. The second kappa shape index (κ2) is 7.89. The molecule has 2 aromatic carbocycles. The average molecular weight is 447 g/mol. The molecule has 160 valence electrons. The Balaban J connectivity index is 1.92. The zero-order valence-corrected chi connectivity index (χ0v) is 17.3. The average Bonchev–Trinajstić information content (AvgIpc) is 2.87. The van der Waals surface area contributed by atoms with E-state index in [1.54, 1.807) is 24.3 Å². The summed E-state index contributed by atoms with van der Waals surface area (Å²) < 4.78 is 56.8. The fraction of sp³-hybridized carbons (Fsp3) is 0.294. The molecule has 1 unspecified atom stereocenters. The molecule has 29 heavy (non-hydrogen) atoms. The van der Waals surface area contributed by atoms with Gasteiger partial charge >= 0.3 is 10.1 Å². The Kier molecular flexibility index (Phi) is 5.85. The molecule has 0 radical (unpaired) electrons. The first-order valence-electron chi connectivity index (χ1n) is 8.38. The summed E-state index contributed by atoms with van der Waals surface area (Å²) in [5.74, 6) is 0.0776. The second-order valence-electron chi connectivity index (χ2n) is 6.45. The first kappa shape index (κ1) is 21.5. The van der Waals surface area contributed by atoms with Crippen LogP contribution in [-0.2, 0) is 16.5 Å². The van der Waals surface area contributed by atoms with Crippen LogP contribution < -0.4 is 17.9 Å². The van der Waals surface area contributed by atoms with Gasteiger partial charge < -0.3 is 19.1 Å². The first-order chi connectivity index (χ1) is 13.5. The summed E-state index contributed by atoms with van der Waals surface area (Å²) >= 11 is 0. The highest BCUT2D eigenvalue weighted by Crippen LogP contribution is 2.49. The molecule has 2 aromatic rings. The normalized spacial score (nSPS) is 19.8. The number of ether oxygens (including phenoxy) is 1. The highest BCUT2D eigenvalue weighted by molar-refractivity contribution is 8.24. The van der Waals surface area contributed by atoms with Crippen LogP contribution in [0.5, 0.6) is 17.2 Å². The van der Waals surface area contributed by atoms with Gasteiger partial charge in [0.2, 0.25) is 0 Å². The maximum atomic E-state index is 11.6. The van der Waals surface area contributed by atoms with Crippen molar-refractivity contribution in [2.45, 2.75) is 12.6 Å². The number of anilines is 1. The maximum absolute atomic E-state index is 11.6. The van der Waals surface area contributed by atoms with E-state index in [9.17, 15) is 27.7 Å². The number of benzene rings is 2. The van der Waals surface area contributed by atoms with Crippen LogP contribution in [0, 0.1) is 0 Å². The smallest absolute Gasteiger partial charge is 0.306 e. The minimum atomic E-state index is -3.79. The molecule has 1 aliphatic heterocycles. The van der Waals surface area contributed by atoms with Crippen LogP contribution in [0.15, 0.2) is 36.4 Å². The van der Waals surface area contributed by atoms with Gasteiger partial charge in [-0.05, 0) is 23.8 Å². The molecule has 1 aliphatic rings. The number of para-hydroxylation sites is 1. The molecular formula is C17H22N2O8S2. The summed E-state index contributed by atoms with van der Waals surface area (Å²) in [7, 11) is -5.84. The van der Waals surface area contributed by atoms with Crippen molar-refractivity contribution in [1.82, 2.24) is 4.72 Å². The molecule has 5 N–H and O–H groups in total. The molecule has 1 heterocycles. The molecule has 12 heteroatoms. The van der Waals surface area contributed by atoms with Crippen LogP contribution in [0.25, 0.3) is 0 Å². The quantitative estimate of drug-likeness (QED) is 0.415. The van der Waals surface area contributed by atoms with Gasteiger partial charge in [0.15, 0.2) is 11.5 Å². The fourth-order valence-electron chi connectivity index (χ4n) is 3.00. The van der Waals surface area contributed by atoms with Gasteiger partial charge in [-0.15, -0.1) is 0 Å². The first-order valence-corrected chi connectivity index (χ1v) is 11.7. The molecule has 1 saturated heterocycles. The molecular weight excluding hydrogens is 424 g/mol. The molecule has 0 aliphatic carbocycles. The summed E-state index contributed by atoms with van der Waals surface area (Å²) in [5.41, 5.74) is 1.27. The lowest BCUT2D eigenvalue weighted by Crippen LogP contribution is -2.25. The van der Waals surface area contributed by atoms with Crippen molar-refractivity contribution in [2.75, 3.05) is 24.2 Å². The number of phenols is 1. The van der Waals surface area contributed by atoms with Crippen LogP contribution in [0.1, 0.15) is 11.1 Å². The number of hydrogen-bond donors (Lipinski definition) is 5. The number of aromatic hydroxyl groups is 1. The standard InChI is InChI=1S/C17H22N2O8S2/c1-26-15-5-3-4-12(17(15)27-28(2,22)23)8-11-6-7-13(14(20)9-11)19-10-16(21)18-29(19,24)25/h3-7,9,16,18,20-21,24-25H,8,10H2,1-2H3. The van der Waals surface area contributed by atoms with E-state index in [0.717, 1.165) is 10.6 Å². The molecule has 10 nitrogen and oxygen atoms in total. The summed E-state index contributed by atoms with van der Waals surface area (Å²) in [5, 5.41) is 20.0. The van der Waals surface area contributed by atoms with Crippen molar-refractivity contribution in [2.24, 2.45) is 0 Å². The van der Waals surface area contributed by atoms with Gasteiger partial charge in [0.25, 0.3) is 0 Å². The number of aliphatic hydroxyl groups is 1. The second-order valence-corrected chi connectivity index (χ2v) is 9.74. The summed E-state index contributed by atoms with van der Waals surface area (Å²) in [4.78, 5) is 0. The Bertz CT molecular complexity index is 1010. The monoisotopic (exact) mass is 446 g/mol. The Labute approximate surface area is 170 Å². The molecule has 0 saturated carbocycles. The van der Waals surface area contributed by atoms with E-state index in [2.05, 4.69) is 4.72 Å². The third-order valence-corrected chi connectivity index (χ3v) is 6.18. The molecule has 0 bridgehead atoms. The van der Waals surface area contributed by atoms with Crippen molar-refractivity contribution < 1.29 is 36.7 Å². The van der Waals surface area contributed by atoms with Crippen molar-refractivity contribution in [1.29, 1.82) is 0 Å². The van der Waals surface area contributed by atoms with Gasteiger partial charge in [-0.25, -0.2) is 0 Å². The van der Waals surface area contributed by atoms with Crippen LogP contribution >= 0.6 is 11.0 Å². The molecule has 3 rings (SSSR count). The number of nitrogens with one attached hydrogen (secondary N) is 1. The lowest BCUT2D eigenvalue weighted by Gasteiger charge is -2.36. The predicted octanol–water partition coefficient (Wildman–Crippen LogP) is 1.64. The van der Waals surface area contributed by atoms with E-state index < -0.39 is 27.3 Å². The van der Waals surface area contributed by atoms with Crippen LogP contribution in [0.4, 0.5) is 5.69 Å². The van der Waals surface area contributed by atoms with Crippen molar-refractivity contribution in [3.05, 3.63) is 47.5 Å². The van der Waals surface area contributed by atoms with E-state index >= 15 is 0 Å². The Hall–Kier alpha value is -2.22. The molecule has 1 fully saturated rings. The Morgan fingerprint density at radius 3 is 2.55 bits per heavy atom. The van der Waals surface area contributed by atoms with Gasteiger partial charge in [-0.3, -0.25) is 13.4 Å². The van der Waals surface area contributed by atoms with E-state index in [0.29, 0.717) is 11.1 Å². The molecule has 0 spiro atoms. The highest BCUT2D eigenvalue weighted by atomic mass is 32.3. The van der Waals surface area contributed by atoms with E-state index in [1.165, 1.54) is 19.2 Å². The van der Waals surface area contributed by atoms with Gasteiger partial charge in [-0.2, -0.15) is 13.1 Å². The zero-order chi connectivity index (χ0) is 21.4. The van der Waals surface area contributed by atoms with Gasteiger partial charge in [-0.1, -0.05) is 29.2 Å². The third kappa shape index (κ3) is 4.86. The molecule has 0 amide bonds. The fourth-order valence-corrected chi connectivity index (χ4v) is 4.83. The zero-order valence-electron chi connectivity index (χ0n) is 15.6. The maximum Gasteiger partial charge on any atom is 0.306 e. The summed E-state index contributed by atoms with van der Waals surface area (Å²) in [6.45, 7) is -0.114. The van der Waals surface area contributed by atoms with E-state index in [-0.39, 0.29) is 35.9 Å². The van der Waals surface area contributed by atoms with Crippen LogP contribution in [0.3, 0.4) is 0 Å². The van der Waals surface area contributed by atoms with Gasteiger partial charge in [0, 0.05) is 12.0 Å². The van der Waals surface area contributed by atoms with Crippen molar-refractivity contribution >= 4 is 26.8 Å². The predicted molar refractivity (Wildman–Crippen MR) is 109 cm³/mol. The minimum absolute atomic E-state index is 0.0575. The van der Waals surface area contributed by atoms with Crippen molar-refractivity contribution in [3.8, 4) is 17.2 Å². The van der Waals surface area contributed by atoms with Gasteiger partial charge in [0.05, 0.1) is 19.9 Å². The number of β-amino-alcohol motifs (C(OH)–C–C–N with tert-alkyl or cyclic N) is 1. The Morgan fingerprint density at radius 1 is 1.28 bits per heavy atom. The van der Waals surface area contributed by atoms with E-state index in [1.807, 2.05) is 0 Å². The summed E-state index contributed by atoms with van der Waals surface area (Å²) in [6, 6.07) is 9.46. The highest BCUT2D eigenvalue weighted by Gasteiger charge is 2.36. The van der Waals surface area contributed by atoms with Crippen molar-refractivity contribution in [3.63, 3.8) is 0 Å². The minimum Gasteiger partial charge on any atom is -0.506 e. The topological polar surface area (TPSA) is 149 Å². The largest absolute Gasteiger partial charge is 0.506 e. The number of aliphatic hydroxyl groups excluding tert-OH is 1. The van der Waals surface area contributed by atoms with Gasteiger partial charge in [0.1, 0.15) is 17.7 Å². The lowest BCUT2D eigenvalue weighted by atomic mass is 10.0. The third-order valence-electron chi connectivity index (χ3n) is 4.16. The number of rotatable bonds is 6.